The van der Waals surface area contributed by atoms with E-state index >= 15 is 0 Å². The van der Waals surface area contributed by atoms with E-state index in [2.05, 4.69) is 29.4 Å². The average molecular weight is 246 g/mol. The van der Waals surface area contributed by atoms with Gasteiger partial charge in [-0.25, -0.2) is 0 Å². The first-order valence-corrected chi connectivity index (χ1v) is 5.87. The fraction of sp³-hybridized carbons (Fsp3) is 0.357. The molecule has 0 aliphatic carbocycles. The first kappa shape index (κ1) is 12.5. The monoisotopic (exact) mass is 246 g/mol. The van der Waals surface area contributed by atoms with E-state index in [1.54, 1.807) is 14.2 Å². The molecule has 0 saturated heterocycles. The van der Waals surface area contributed by atoms with Gasteiger partial charge in [0.25, 0.3) is 6.01 Å². The fourth-order valence-electron chi connectivity index (χ4n) is 2.15. The van der Waals surface area contributed by atoms with Crippen molar-refractivity contribution in [1.29, 1.82) is 0 Å². The second kappa shape index (κ2) is 4.72. The highest BCUT2D eigenvalue weighted by molar-refractivity contribution is 5.71. The zero-order valence-corrected chi connectivity index (χ0v) is 11.4. The molecule has 0 saturated carbocycles. The highest BCUT2D eigenvalue weighted by atomic mass is 16.5. The lowest BCUT2D eigenvalue weighted by atomic mass is 10.0. The van der Waals surface area contributed by atoms with Gasteiger partial charge in [-0.2, -0.15) is 4.98 Å². The second-order valence-electron chi connectivity index (χ2n) is 4.35. The summed E-state index contributed by atoms with van der Waals surface area (Å²) in [6, 6.07) is 4.66. The maximum absolute atomic E-state index is 5.70. The smallest absolute Gasteiger partial charge is 0.295 e. The van der Waals surface area contributed by atoms with Crippen LogP contribution in [0.15, 0.2) is 16.5 Å². The number of benzene rings is 1. The molecule has 0 aliphatic heterocycles. The molecule has 0 radical (unpaired) electrons. The van der Waals surface area contributed by atoms with E-state index in [1.807, 2.05) is 13.8 Å². The number of nitrogens with zero attached hydrogens (tertiary/aromatic N) is 1. The zero-order valence-electron chi connectivity index (χ0n) is 11.4. The van der Waals surface area contributed by atoms with Gasteiger partial charge in [-0.1, -0.05) is 6.07 Å². The molecule has 1 aromatic carbocycles. The van der Waals surface area contributed by atoms with Crippen LogP contribution in [0.4, 0.5) is 6.01 Å². The summed E-state index contributed by atoms with van der Waals surface area (Å²) in [5.41, 5.74) is 4.06. The van der Waals surface area contributed by atoms with Gasteiger partial charge in [0, 0.05) is 7.05 Å². The third-order valence-electron chi connectivity index (χ3n) is 2.88. The molecule has 0 spiro atoms. The van der Waals surface area contributed by atoms with Gasteiger partial charge in [0.1, 0.15) is 5.75 Å². The molecule has 18 heavy (non-hydrogen) atoms. The average Bonchev–Trinajstić information content (AvgIpc) is 2.69. The number of hydrogen-bond acceptors (Lipinski definition) is 4. The van der Waals surface area contributed by atoms with Crippen LogP contribution in [-0.2, 0) is 0 Å². The van der Waals surface area contributed by atoms with E-state index in [1.165, 1.54) is 5.56 Å². The Morgan fingerprint density at radius 1 is 1.22 bits per heavy atom. The first-order valence-electron chi connectivity index (χ1n) is 5.87. The lowest BCUT2D eigenvalue weighted by Crippen LogP contribution is -1.93. The number of aromatic nitrogens is 1. The zero-order chi connectivity index (χ0) is 13.3. The quantitative estimate of drug-likeness (QED) is 0.902. The molecule has 0 bridgehead atoms. The van der Waals surface area contributed by atoms with Gasteiger partial charge < -0.3 is 14.5 Å². The van der Waals surface area contributed by atoms with Crippen molar-refractivity contribution in [3.8, 4) is 17.1 Å². The number of anilines is 1. The number of nitrogens with one attached hydrogen (secondary N) is 1. The van der Waals surface area contributed by atoms with Crippen LogP contribution in [0.2, 0.25) is 0 Å². The van der Waals surface area contributed by atoms with E-state index in [0.29, 0.717) is 6.01 Å². The van der Waals surface area contributed by atoms with Crippen molar-refractivity contribution in [2.45, 2.75) is 20.8 Å². The molecule has 96 valence electrons. The van der Waals surface area contributed by atoms with Crippen LogP contribution in [0.25, 0.3) is 11.3 Å². The summed E-state index contributed by atoms with van der Waals surface area (Å²) in [6.45, 7) is 6.01. The fourth-order valence-corrected chi connectivity index (χ4v) is 2.15. The maximum atomic E-state index is 5.70. The molecular formula is C14H18N2O2. The molecule has 1 heterocycles. The van der Waals surface area contributed by atoms with Crippen LogP contribution in [0.3, 0.4) is 0 Å². The van der Waals surface area contributed by atoms with E-state index in [0.717, 1.165) is 28.3 Å². The Labute approximate surface area is 107 Å². The van der Waals surface area contributed by atoms with Gasteiger partial charge in [-0.3, -0.25) is 0 Å². The van der Waals surface area contributed by atoms with Crippen molar-refractivity contribution < 1.29 is 9.15 Å². The molecule has 1 aromatic heterocycles. The van der Waals surface area contributed by atoms with E-state index in [4.69, 9.17) is 9.15 Å². The Bertz CT molecular complexity index is 573. The van der Waals surface area contributed by atoms with Crippen LogP contribution in [-0.4, -0.2) is 19.1 Å². The summed E-state index contributed by atoms with van der Waals surface area (Å²) < 4.78 is 11.2. The minimum atomic E-state index is 0.517. The van der Waals surface area contributed by atoms with Crippen molar-refractivity contribution >= 4 is 6.01 Å². The highest BCUT2D eigenvalue weighted by Crippen LogP contribution is 2.36. The Balaban J connectivity index is 2.65. The van der Waals surface area contributed by atoms with Crippen LogP contribution < -0.4 is 10.1 Å². The molecule has 4 nitrogen and oxygen atoms in total. The van der Waals surface area contributed by atoms with Gasteiger partial charge in [0.2, 0.25) is 0 Å². The maximum Gasteiger partial charge on any atom is 0.295 e. The Hall–Kier alpha value is -1.97. The van der Waals surface area contributed by atoms with Crippen LogP contribution in [0.1, 0.15) is 16.8 Å². The Kier molecular flexibility index (Phi) is 3.28. The number of oxazole rings is 1. The minimum Gasteiger partial charge on any atom is -0.496 e. The standard InChI is InChI=1S/C14H18N2O2/c1-8-6-9(2)12(17-5)11(7-8)13-10(3)16-14(15-4)18-13/h6-7H,1-5H3,(H,15,16). The van der Waals surface area contributed by atoms with Gasteiger partial charge in [-0.05, 0) is 38.0 Å². The van der Waals surface area contributed by atoms with E-state index in [9.17, 15) is 0 Å². The summed E-state index contributed by atoms with van der Waals surface area (Å²) in [6.07, 6.45) is 0. The van der Waals surface area contributed by atoms with Gasteiger partial charge in [0.05, 0.1) is 18.4 Å². The molecule has 2 aromatic rings. The van der Waals surface area contributed by atoms with Crippen LogP contribution in [0, 0.1) is 20.8 Å². The van der Waals surface area contributed by atoms with Crippen molar-refractivity contribution in [2.75, 3.05) is 19.5 Å². The summed E-state index contributed by atoms with van der Waals surface area (Å²) in [4.78, 5) is 4.31. The third-order valence-corrected chi connectivity index (χ3v) is 2.88. The normalized spacial score (nSPS) is 10.5. The van der Waals surface area contributed by atoms with Crippen molar-refractivity contribution in [3.63, 3.8) is 0 Å². The third kappa shape index (κ3) is 2.06. The highest BCUT2D eigenvalue weighted by Gasteiger charge is 2.17. The summed E-state index contributed by atoms with van der Waals surface area (Å²) in [5.74, 6) is 1.59. The molecule has 0 aliphatic rings. The SMILES string of the molecule is CNc1nc(C)c(-c2cc(C)cc(C)c2OC)o1. The van der Waals surface area contributed by atoms with Gasteiger partial charge in [-0.15, -0.1) is 0 Å². The predicted molar refractivity (Wildman–Crippen MR) is 72.2 cm³/mol. The minimum absolute atomic E-state index is 0.517. The number of hydrogen-bond donors (Lipinski definition) is 1. The lowest BCUT2D eigenvalue weighted by Gasteiger charge is -2.11. The van der Waals surface area contributed by atoms with Crippen molar-refractivity contribution in [1.82, 2.24) is 4.98 Å². The Morgan fingerprint density at radius 2 is 1.94 bits per heavy atom. The first-order chi connectivity index (χ1) is 8.56. The van der Waals surface area contributed by atoms with Crippen molar-refractivity contribution in [3.05, 3.63) is 29.0 Å². The molecule has 1 N–H and O–H groups in total. The topological polar surface area (TPSA) is 47.3 Å². The van der Waals surface area contributed by atoms with E-state index in [-0.39, 0.29) is 0 Å². The summed E-state index contributed by atoms with van der Waals surface area (Å²) >= 11 is 0. The number of rotatable bonds is 3. The summed E-state index contributed by atoms with van der Waals surface area (Å²) in [7, 11) is 3.46. The molecule has 0 unspecified atom stereocenters. The largest absolute Gasteiger partial charge is 0.496 e. The van der Waals surface area contributed by atoms with E-state index < -0.39 is 0 Å². The second-order valence-corrected chi connectivity index (χ2v) is 4.35. The van der Waals surface area contributed by atoms with Gasteiger partial charge in [0.15, 0.2) is 5.76 Å². The molecule has 0 fully saturated rings. The number of ether oxygens (including phenoxy) is 1. The predicted octanol–water partition coefficient (Wildman–Crippen LogP) is 3.32. The molecule has 4 heteroatoms. The van der Waals surface area contributed by atoms with Crippen LogP contribution >= 0.6 is 0 Å². The molecule has 0 atom stereocenters. The van der Waals surface area contributed by atoms with Crippen LogP contribution in [0.5, 0.6) is 5.75 Å². The number of methoxy groups -OCH3 is 1. The number of aryl methyl sites for hydroxylation is 3. The Morgan fingerprint density at radius 3 is 2.50 bits per heavy atom. The molecule has 2 rings (SSSR count). The summed E-state index contributed by atoms with van der Waals surface area (Å²) in [5, 5.41) is 2.91. The molecule has 0 amide bonds. The van der Waals surface area contributed by atoms with Gasteiger partial charge >= 0.3 is 0 Å². The van der Waals surface area contributed by atoms with Crippen molar-refractivity contribution in [2.24, 2.45) is 0 Å². The molecular weight excluding hydrogens is 228 g/mol. The lowest BCUT2D eigenvalue weighted by molar-refractivity contribution is 0.411.